The van der Waals surface area contributed by atoms with Gasteiger partial charge in [-0.05, 0) is 42.8 Å². The molecular formula is C24H24N4O7S2. The summed E-state index contributed by atoms with van der Waals surface area (Å²) in [5, 5.41) is 11.4. The maximum Gasteiger partial charge on any atom is 0.268 e. The number of hydrogen-bond acceptors (Lipinski definition) is 11. The number of carbonyl (C=O) groups excluding carboxylic acids is 1. The third-order valence-corrected chi connectivity index (χ3v) is 6.15. The minimum atomic E-state index is -3.61. The molecule has 0 radical (unpaired) electrons. The number of amides is 1. The van der Waals surface area contributed by atoms with Crippen LogP contribution in [0.3, 0.4) is 0 Å². The smallest absolute Gasteiger partial charge is 0.268 e. The summed E-state index contributed by atoms with van der Waals surface area (Å²) in [5.41, 5.74) is 0.295. The second-order valence-electron chi connectivity index (χ2n) is 7.29. The van der Waals surface area contributed by atoms with E-state index in [0.717, 1.165) is 6.26 Å². The van der Waals surface area contributed by atoms with Gasteiger partial charge in [-0.1, -0.05) is 12.1 Å². The average Bonchev–Trinajstić information content (AvgIpc) is 3.35. The van der Waals surface area contributed by atoms with Crippen LogP contribution in [0.25, 0.3) is 6.08 Å². The molecule has 37 heavy (non-hydrogen) atoms. The Morgan fingerprint density at radius 2 is 1.86 bits per heavy atom. The molecule has 1 N–H and O–H groups in total. The lowest BCUT2D eigenvalue weighted by atomic mass is 10.1. The summed E-state index contributed by atoms with van der Waals surface area (Å²) < 4.78 is 49.0. The van der Waals surface area contributed by atoms with Crippen LogP contribution in [0, 0.1) is 11.3 Å². The van der Waals surface area contributed by atoms with Crippen LogP contribution in [-0.2, 0) is 14.6 Å². The minimum absolute atomic E-state index is 0.0403. The van der Waals surface area contributed by atoms with Gasteiger partial charge in [0.2, 0.25) is 15.0 Å². The lowest BCUT2D eigenvalue weighted by Gasteiger charge is -2.13. The van der Waals surface area contributed by atoms with Crippen LogP contribution in [0.1, 0.15) is 12.5 Å². The average molecular weight is 545 g/mol. The maximum atomic E-state index is 12.5. The summed E-state index contributed by atoms with van der Waals surface area (Å²) in [6.45, 7) is 2.72. The number of hydrogen-bond donors (Lipinski definition) is 1. The van der Waals surface area contributed by atoms with E-state index in [0.29, 0.717) is 46.7 Å². The van der Waals surface area contributed by atoms with Crippen molar-refractivity contribution in [2.24, 2.45) is 0 Å². The molecule has 0 bridgehead atoms. The fraction of sp³-hybridized carbons (Fsp3) is 0.250. The van der Waals surface area contributed by atoms with E-state index >= 15 is 0 Å². The first kappa shape index (κ1) is 27.4. The van der Waals surface area contributed by atoms with Crippen molar-refractivity contribution in [2.75, 3.05) is 38.5 Å². The van der Waals surface area contributed by atoms with Crippen molar-refractivity contribution in [3.8, 4) is 29.1 Å². The zero-order valence-electron chi connectivity index (χ0n) is 20.3. The van der Waals surface area contributed by atoms with Crippen molar-refractivity contribution in [2.45, 2.75) is 12.1 Å². The van der Waals surface area contributed by atoms with Crippen LogP contribution in [0.2, 0.25) is 0 Å². The second-order valence-corrected chi connectivity index (χ2v) is 9.95. The summed E-state index contributed by atoms with van der Waals surface area (Å²) in [6.07, 6.45) is 2.32. The van der Waals surface area contributed by atoms with E-state index in [9.17, 15) is 18.5 Å². The Hall–Kier alpha value is -4.15. The standard InChI is InChI=1S/C24H24N4O7S2/c1-4-33-21-13-16(8-9-20(21)35-11-10-34-19-7-5-6-18(14-19)32-2)12-17(15-25)22(29)26-23-27-24(28-36-23)37(3,30)31/h5-9,12-14H,4,10-11H2,1-3H3,(H,26,27,28,29)/b17-12-. The van der Waals surface area contributed by atoms with Crippen molar-refractivity contribution >= 4 is 38.5 Å². The number of anilines is 1. The largest absolute Gasteiger partial charge is 0.497 e. The molecule has 0 saturated heterocycles. The van der Waals surface area contributed by atoms with E-state index in [1.807, 2.05) is 31.2 Å². The van der Waals surface area contributed by atoms with Crippen LogP contribution in [0.15, 0.2) is 53.2 Å². The number of benzene rings is 2. The van der Waals surface area contributed by atoms with E-state index in [2.05, 4.69) is 14.7 Å². The molecule has 1 heterocycles. The molecule has 0 aliphatic rings. The molecule has 3 aromatic rings. The molecule has 1 aromatic heterocycles. The Balaban J connectivity index is 1.66. The van der Waals surface area contributed by atoms with Crippen molar-refractivity contribution in [1.29, 1.82) is 5.26 Å². The number of rotatable bonds is 12. The Labute approximate surface area is 218 Å². The summed E-state index contributed by atoms with van der Waals surface area (Å²) in [6, 6.07) is 14.0. The predicted octanol–water partition coefficient (Wildman–Crippen LogP) is 3.35. The monoisotopic (exact) mass is 544 g/mol. The maximum absolute atomic E-state index is 12.5. The molecule has 0 saturated carbocycles. The van der Waals surface area contributed by atoms with Crippen molar-refractivity contribution in [1.82, 2.24) is 9.36 Å². The van der Waals surface area contributed by atoms with E-state index < -0.39 is 20.9 Å². The highest BCUT2D eigenvalue weighted by Crippen LogP contribution is 2.30. The molecule has 0 spiro atoms. The van der Waals surface area contributed by atoms with Crippen molar-refractivity contribution in [3.63, 3.8) is 0 Å². The van der Waals surface area contributed by atoms with Crippen LogP contribution in [-0.4, -0.2) is 56.9 Å². The first-order chi connectivity index (χ1) is 17.7. The number of nitriles is 1. The van der Waals surface area contributed by atoms with Gasteiger partial charge >= 0.3 is 0 Å². The zero-order chi connectivity index (χ0) is 26.8. The van der Waals surface area contributed by atoms with Crippen LogP contribution in [0.4, 0.5) is 5.13 Å². The number of aromatic nitrogens is 2. The van der Waals surface area contributed by atoms with Gasteiger partial charge in [0.25, 0.3) is 11.1 Å². The van der Waals surface area contributed by atoms with E-state index in [4.69, 9.17) is 18.9 Å². The first-order valence-corrected chi connectivity index (χ1v) is 13.5. The van der Waals surface area contributed by atoms with Crippen molar-refractivity contribution < 1.29 is 32.2 Å². The molecule has 13 heteroatoms. The predicted molar refractivity (Wildman–Crippen MR) is 137 cm³/mol. The van der Waals surface area contributed by atoms with Gasteiger partial charge in [-0.15, -0.1) is 0 Å². The summed E-state index contributed by atoms with van der Waals surface area (Å²) in [4.78, 5) is 16.3. The molecule has 11 nitrogen and oxygen atoms in total. The normalized spacial score (nSPS) is 11.4. The minimum Gasteiger partial charge on any atom is -0.497 e. The molecule has 3 rings (SSSR count). The molecule has 0 unspecified atom stereocenters. The van der Waals surface area contributed by atoms with Crippen molar-refractivity contribution in [3.05, 3.63) is 53.6 Å². The van der Waals surface area contributed by atoms with Crippen LogP contribution < -0.4 is 24.3 Å². The highest BCUT2D eigenvalue weighted by atomic mass is 32.2. The topological polar surface area (TPSA) is 150 Å². The van der Waals surface area contributed by atoms with Gasteiger partial charge in [-0.3, -0.25) is 10.1 Å². The van der Waals surface area contributed by atoms with Gasteiger partial charge < -0.3 is 18.9 Å². The highest BCUT2D eigenvalue weighted by Gasteiger charge is 2.18. The summed E-state index contributed by atoms with van der Waals surface area (Å²) in [5.74, 6) is 1.48. The lowest BCUT2D eigenvalue weighted by Crippen LogP contribution is -2.13. The van der Waals surface area contributed by atoms with Crippen LogP contribution in [0.5, 0.6) is 23.0 Å². The Morgan fingerprint density at radius 3 is 2.54 bits per heavy atom. The van der Waals surface area contributed by atoms with Gasteiger partial charge in [0.15, 0.2) is 11.5 Å². The molecule has 0 atom stereocenters. The van der Waals surface area contributed by atoms with Gasteiger partial charge in [0.05, 0.1) is 13.7 Å². The molecule has 0 fully saturated rings. The molecule has 0 aliphatic heterocycles. The van der Waals surface area contributed by atoms with Gasteiger partial charge in [-0.2, -0.15) is 14.6 Å². The fourth-order valence-electron chi connectivity index (χ4n) is 2.90. The summed E-state index contributed by atoms with van der Waals surface area (Å²) in [7, 11) is -2.03. The first-order valence-electron chi connectivity index (χ1n) is 10.9. The third kappa shape index (κ3) is 7.92. The Kier molecular flexibility index (Phi) is 9.42. The van der Waals surface area contributed by atoms with Gasteiger partial charge in [0.1, 0.15) is 36.4 Å². The number of nitrogens with zero attached hydrogens (tertiary/aromatic N) is 3. The number of carbonyl (C=O) groups is 1. The molecule has 1 amide bonds. The highest BCUT2D eigenvalue weighted by molar-refractivity contribution is 7.90. The quantitative estimate of drug-likeness (QED) is 0.204. The zero-order valence-corrected chi connectivity index (χ0v) is 21.9. The third-order valence-electron chi connectivity index (χ3n) is 4.55. The fourth-order valence-corrected chi connectivity index (χ4v) is 4.33. The molecule has 194 valence electrons. The Morgan fingerprint density at radius 1 is 1.11 bits per heavy atom. The van der Waals surface area contributed by atoms with E-state index in [-0.39, 0.29) is 23.9 Å². The number of sulfone groups is 1. The SMILES string of the molecule is CCOc1cc(/C=C(/C#N)C(=O)Nc2nc(S(C)(=O)=O)ns2)ccc1OCCOc1cccc(OC)c1. The van der Waals surface area contributed by atoms with Crippen LogP contribution >= 0.6 is 11.5 Å². The molecular weight excluding hydrogens is 520 g/mol. The number of nitrogens with one attached hydrogen (secondary N) is 1. The van der Waals surface area contributed by atoms with E-state index in [1.165, 1.54) is 6.08 Å². The number of ether oxygens (including phenoxy) is 4. The van der Waals surface area contributed by atoms with E-state index in [1.54, 1.807) is 31.4 Å². The molecule has 0 aliphatic carbocycles. The second kappa shape index (κ2) is 12.7. The summed E-state index contributed by atoms with van der Waals surface area (Å²) >= 11 is 0.698. The number of methoxy groups -OCH3 is 1. The van der Waals surface area contributed by atoms with Gasteiger partial charge in [0, 0.05) is 23.9 Å². The molecule has 2 aromatic carbocycles. The Bertz CT molecular complexity index is 1430. The van der Waals surface area contributed by atoms with Gasteiger partial charge in [-0.25, -0.2) is 8.42 Å². The lowest BCUT2D eigenvalue weighted by molar-refractivity contribution is -0.112.